The van der Waals surface area contributed by atoms with E-state index in [1.165, 1.54) is 35.2 Å². The van der Waals surface area contributed by atoms with Crippen molar-refractivity contribution < 1.29 is 18.9 Å². The lowest BCUT2D eigenvalue weighted by molar-refractivity contribution is -0.385. The maximum Gasteiger partial charge on any atom is 0.273 e. The molecule has 0 bridgehead atoms. The number of nitro benzene ring substituents is 1. The standard InChI is InChI=1S/C22H26FN3O4/c1-3-4-13-24-22(28)16(2)25(15-17-9-11-19(23)12-10-17)21(27)14-18-7-5-6-8-20(18)26(29)30/h5-12,16H,3-4,13-15H2,1-2H3,(H,24,28)/t16-/m0/s1. The summed E-state index contributed by atoms with van der Waals surface area (Å²) in [5.74, 6) is -1.13. The van der Waals surface area contributed by atoms with Gasteiger partial charge in [0, 0.05) is 24.7 Å². The second kappa shape index (κ2) is 11.0. The van der Waals surface area contributed by atoms with E-state index in [1.807, 2.05) is 6.92 Å². The van der Waals surface area contributed by atoms with E-state index in [0.717, 1.165) is 12.8 Å². The SMILES string of the molecule is CCCCNC(=O)[C@H](C)N(Cc1ccc(F)cc1)C(=O)Cc1ccccc1[N+](=O)[O-]. The Hall–Kier alpha value is -3.29. The Labute approximate surface area is 175 Å². The molecule has 30 heavy (non-hydrogen) atoms. The summed E-state index contributed by atoms with van der Waals surface area (Å²) in [5, 5.41) is 14.1. The van der Waals surface area contributed by atoms with Crippen molar-refractivity contribution in [2.75, 3.05) is 6.54 Å². The van der Waals surface area contributed by atoms with Crippen molar-refractivity contribution in [2.24, 2.45) is 0 Å². The van der Waals surface area contributed by atoms with Crippen LogP contribution in [0.15, 0.2) is 48.5 Å². The first-order valence-electron chi connectivity index (χ1n) is 9.87. The number of hydrogen-bond acceptors (Lipinski definition) is 4. The number of rotatable bonds is 10. The molecule has 7 nitrogen and oxygen atoms in total. The minimum atomic E-state index is -0.790. The van der Waals surface area contributed by atoms with Gasteiger partial charge in [-0.2, -0.15) is 0 Å². The number of halogens is 1. The molecule has 2 rings (SSSR count). The van der Waals surface area contributed by atoms with E-state index in [2.05, 4.69) is 5.32 Å². The van der Waals surface area contributed by atoms with E-state index in [-0.39, 0.29) is 30.1 Å². The highest BCUT2D eigenvalue weighted by molar-refractivity contribution is 5.88. The highest BCUT2D eigenvalue weighted by atomic mass is 19.1. The first kappa shape index (κ1) is 23.0. The zero-order valence-corrected chi connectivity index (χ0v) is 17.1. The highest BCUT2D eigenvalue weighted by Gasteiger charge is 2.27. The number of benzene rings is 2. The van der Waals surface area contributed by atoms with Gasteiger partial charge in [0.2, 0.25) is 11.8 Å². The second-order valence-corrected chi connectivity index (χ2v) is 7.03. The van der Waals surface area contributed by atoms with Crippen LogP contribution in [0.5, 0.6) is 0 Å². The fourth-order valence-corrected chi connectivity index (χ4v) is 3.01. The molecule has 8 heteroatoms. The van der Waals surface area contributed by atoms with Gasteiger partial charge in [-0.15, -0.1) is 0 Å². The molecule has 0 heterocycles. The van der Waals surface area contributed by atoms with Crippen molar-refractivity contribution in [1.29, 1.82) is 0 Å². The van der Waals surface area contributed by atoms with Gasteiger partial charge in [0.05, 0.1) is 11.3 Å². The summed E-state index contributed by atoms with van der Waals surface area (Å²) >= 11 is 0. The number of amides is 2. The van der Waals surface area contributed by atoms with Crippen molar-refractivity contribution >= 4 is 17.5 Å². The zero-order valence-electron chi connectivity index (χ0n) is 17.1. The molecule has 160 valence electrons. The summed E-state index contributed by atoms with van der Waals surface area (Å²) in [6.07, 6.45) is 1.52. The summed E-state index contributed by atoms with van der Waals surface area (Å²) in [6.45, 7) is 4.21. The molecular formula is C22H26FN3O4. The van der Waals surface area contributed by atoms with Crippen molar-refractivity contribution in [1.82, 2.24) is 10.2 Å². The molecule has 0 aliphatic heterocycles. The Morgan fingerprint density at radius 1 is 1.17 bits per heavy atom. The van der Waals surface area contributed by atoms with Crippen molar-refractivity contribution in [3.63, 3.8) is 0 Å². The van der Waals surface area contributed by atoms with Crippen LogP contribution in [-0.2, 0) is 22.6 Å². The fraction of sp³-hybridized carbons (Fsp3) is 0.364. The smallest absolute Gasteiger partial charge is 0.273 e. The average molecular weight is 415 g/mol. The lowest BCUT2D eigenvalue weighted by atomic mass is 10.1. The van der Waals surface area contributed by atoms with Crippen LogP contribution in [0.3, 0.4) is 0 Å². The van der Waals surface area contributed by atoms with Crippen LogP contribution in [-0.4, -0.2) is 34.2 Å². The molecule has 1 atom stereocenters. The molecule has 0 spiro atoms. The van der Waals surface area contributed by atoms with E-state index in [1.54, 1.807) is 25.1 Å². The Morgan fingerprint density at radius 3 is 2.47 bits per heavy atom. The minimum Gasteiger partial charge on any atom is -0.354 e. The van der Waals surface area contributed by atoms with Gasteiger partial charge in [-0.05, 0) is 31.0 Å². The maximum atomic E-state index is 13.2. The van der Waals surface area contributed by atoms with E-state index in [4.69, 9.17) is 0 Å². The molecular weight excluding hydrogens is 389 g/mol. The maximum absolute atomic E-state index is 13.2. The largest absolute Gasteiger partial charge is 0.354 e. The number of nitrogens with one attached hydrogen (secondary N) is 1. The van der Waals surface area contributed by atoms with Gasteiger partial charge in [0.25, 0.3) is 5.69 Å². The summed E-state index contributed by atoms with van der Waals surface area (Å²) in [6, 6.07) is 10.9. The number of carbonyl (C=O) groups excluding carboxylic acids is 2. The van der Waals surface area contributed by atoms with Crippen LogP contribution in [0.1, 0.15) is 37.8 Å². The minimum absolute atomic E-state index is 0.0854. The number of hydrogen-bond donors (Lipinski definition) is 1. The number of nitro groups is 1. The van der Waals surface area contributed by atoms with Gasteiger partial charge in [-0.1, -0.05) is 43.7 Å². The molecule has 2 aromatic rings. The topological polar surface area (TPSA) is 92.6 Å². The van der Waals surface area contributed by atoms with Gasteiger partial charge >= 0.3 is 0 Å². The third kappa shape index (κ3) is 6.37. The van der Waals surface area contributed by atoms with E-state index in [9.17, 15) is 24.1 Å². The lowest BCUT2D eigenvalue weighted by Crippen LogP contribution is -2.48. The van der Waals surface area contributed by atoms with Crippen LogP contribution < -0.4 is 5.32 Å². The monoisotopic (exact) mass is 415 g/mol. The molecule has 2 aromatic carbocycles. The molecule has 0 fully saturated rings. The Balaban J connectivity index is 2.25. The first-order chi connectivity index (χ1) is 14.3. The van der Waals surface area contributed by atoms with E-state index >= 15 is 0 Å². The number of nitrogens with zero attached hydrogens (tertiary/aromatic N) is 2. The molecule has 0 saturated heterocycles. The van der Waals surface area contributed by atoms with Gasteiger partial charge in [-0.25, -0.2) is 4.39 Å². The van der Waals surface area contributed by atoms with E-state index < -0.39 is 22.7 Å². The predicted molar refractivity (Wildman–Crippen MR) is 111 cm³/mol. The zero-order chi connectivity index (χ0) is 22.1. The van der Waals surface area contributed by atoms with Crippen LogP contribution in [0, 0.1) is 15.9 Å². The van der Waals surface area contributed by atoms with Crippen molar-refractivity contribution in [2.45, 2.75) is 45.7 Å². The predicted octanol–water partition coefficient (Wildman–Crippen LogP) is 3.61. The van der Waals surface area contributed by atoms with Crippen molar-refractivity contribution in [3.8, 4) is 0 Å². The summed E-state index contributed by atoms with van der Waals surface area (Å²) in [5.41, 5.74) is 0.781. The third-order valence-corrected chi connectivity index (χ3v) is 4.79. The molecule has 0 saturated carbocycles. The Kier molecular flexibility index (Phi) is 8.46. The van der Waals surface area contributed by atoms with Crippen LogP contribution in [0.2, 0.25) is 0 Å². The fourth-order valence-electron chi connectivity index (χ4n) is 3.01. The number of para-hydroxylation sites is 1. The number of carbonyl (C=O) groups is 2. The molecule has 0 aliphatic carbocycles. The first-order valence-corrected chi connectivity index (χ1v) is 9.87. The van der Waals surface area contributed by atoms with Gasteiger partial charge in [0.1, 0.15) is 11.9 Å². The third-order valence-electron chi connectivity index (χ3n) is 4.79. The van der Waals surface area contributed by atoms with Crippen LogP contribution >= 0.6 is 0 Å². The van der Waals surface area contributed by atoms with Crippen molar-refractivity contribution in [3.05, 3.63) is 75.6 Å². The lowest BCUT2D eigenvalue weighted by Gasteiger charge is -2.29. The van der Waals surface area contributed by atoms with Crippen LogP contribution in [0.4, 0.5) is 10.1 Å². The molecule has 1 N–H and O–H groups in total. The molecule has 0 radical (unpaired) electrons. The van der Waals surface area contributed by atoms with Gasteiger partial charge < -0.3 is 10.2 Å². The highest BCUT2D eigenvalue weighted by Crippen LogP contribution is 2.20. The second-order valence-electron chi connectivity index (χ2n) is 7.03. The van der Waals surface area contributed by atoms with Gasteiger partial charge in [-0.3, -0.25) is 19.7 Å². The Bertz CT molecular complexity index is 886. The average Bonchev–Trinajstić information content (AvgIpc) is 2.73. The molecule has 2 amide bonds. The summed E-state index contributed by atoms with van der Waals surface area (Å²) < 4.78 is 13.2. The van der Waals surface area contributed by atoms with E-state index in [0.29, 0.717) is 12.1 Å². The quantitative estimate of drug-likeness (QED) is 0.364. The summed E-state index contributed by atoms with van der Waals surface area (Å²) in [7, 11) is 0. The summed E-state index contributed by atoms with van der Waals surface area (Å²) in [4.78, 5) is 37.7. The molecule has 0 aliphatic rings. The van der Waals surface area contributed by atoms with Crippen LogP contribution in [0.25, 0.3) is 0 Å². The number of unbranched alkanes of at least 4 members (excludes halogenated alkanes) is 1. The van der Waals surface area contributed by atoms with Gasteiger partial charge in [0.15, 0.2) is 0 Å². The Morgan fingerprint density at radius 2 is 1.83 bits per heavy atom. The normalized spacial score (nSPS) is 11.6. The molecule has 0 unspecified atom stereocenters. The molecule has 0 aromatic heterocycles.